The average Bonchev–Trinajstić information content (AvgIpc) is 2.70. The second kappa shape index (κ2) is 5.14. The monoisotopic (exact) mass is 259 g/mol. The predicted molar refractivity (Wildman–Crippen MR) is 73.0 cm³/mol. The number of carbonyl (C=O) groups excluding carboxylic acids is 1. The Balaban J connectivity index is 2.43. The second-order valence-electron chi connectivity index (χ2n) is 4.42. The molecule has 100 valence electrons. The van der Waals surface area contributed by atoms with Gasteiger partial charge in [0.25, 0.3) is 0 Å². The van der Waals surface area contributed by atoms with Crippen molar-refractivity contribution in [1.82, 2.24) is 9.55 Å². The molecule has 2 aromatic rings. The summed E-state index contributed by atoms with van der Waals surface area (Å²) in [5, 5.41) is 0. The van der Waals surface area contributed by atoms with Crippen LogP contribution in [0.1, 0.15) is 27.3 Å². The Morgan fingerprint density at radius 2 is 2.16 bits per heavy atom. The Hall–Kier alpha value is -2.30. The molecule has 0 bridgehead atoms. The number of ether oxygens (including phenoxy) is 1. The average molecular weight is 259 g/mol. The zero-order valence-corrected chi connectivity index (χ0v) is 11.3. The molecular weight excluding hydrogens is 242 g/mol. The van der Waals surface area contributed by atoms with Gasteiger partial charge < -0.3 is 15.0 Å². The second-order valence-corrected chi connectivity index (χ2v) is 4.42. The number of methoxy groups -OCH3 is 1. The van der Waals surface area contributed by atoms with Crippen molar-refractivity contribution in [2.24, 2.45) is 0 Å². The first-order valence-electron chi connectivity index (χ1n) is 5.98. The number of carbonyl (C=O) groups is 1. The first-order chi connectivity index (χ1) is 9.04. The Labute approximate surface area is 112 Å². The third-order valence-electron chi connectivity index (χ3n) is 3.26. The summed E-state index contributed by atoms with van der Waals surface area (Å²) >= 11 is 0. The Kier molecular flexibility index (Phi) is 3.55. The van der Waals surface area contributed by atoms with E-state index in [4.69, 9.17) is 10.5 Å². The van der Waals surface area contributed by atoms with Crippen molar-refractivity contribution in [2.75, 3.05) is 12.8 Å². The maximum absolute atomic E-state index is 11.8. The lowest BCUT2D eigenvalue weighted by Crippen LogP contribution is -2.12. The van der Waals surface area contributed by atoms with Crippen molar-refractivity contribution < 1.29 is 9.53 Å². The minimum Gasteiger partial charge on any atom is -0.465 e. The number of aromatic nitrogens is 2. The van der Waals surface area contributed by atoms with Crippen LogP contribution in [0.4, 0.5) is 5.69 Å². The van der Waals surface area contributed by atoms with Crippen LogP contribution in [0.5, 0.6) is 0 Å². The van der Waals surface area contributed by atoms with Crippen molar-refractivity contribution in [1.29, 1.82) is 0 Å². The van der Waals surface area contributed by atoms with E-state index in [1.54, 1.807) is 12.4 Å². The molecule has 1 heterocycles. The molecule has 0 spiro atoms. The number of aryl methyl sites for hydroxylation is 1. The maximum atomic E-state index is 11.8. The number of nitrogens with zero attached hydrogens (tertiary/aromatic N) is 2. The fourth-order valence-corrected chi connectivity index (χ4v) is 1.99. The van der Waals surface area contributed by atoms with E-state index in [0.717, 1.165) is 17.0 Å². The van der Waals surface area contributed by atoms with Crippen LogP contribution in [-0.4, -0.2) is 22.6 Å². The van der Waals surface area contributed by atoms with Gasteiger partial charge in [-0.3, -0.25) is 0 Å². The number of esters is 1. The minimum atomic E-state index is -0.414. The molecular formula is C14H17N3O2. The van der Waals surface area contributed by atoms with Gasteiger partial charge >= 0.3 is 5.97 Å². The number of nitrogens with two attached hydrogens (primary N) is 1. The van der Waals surface area contributed by atoms with Gasteiger partial charge in [0.15, 0.2) is 0 Å². The van der Waals surface area contributed by atoms with E-state index in [1.807, 2.05) is 30.5 Å². The summed E-state index contributed by atoms with van der Waals surface area (Å²) in [7, 11) is 1.35. The quantitative estimate of drug-likeness (QED) is 0.675. The molecule has 0 radical (unpaired) electrons. The highest BCUT2D eigenvalue weighted by molar-refractivity contribution is 5.96. The van der Waals surface area contributed by atoms with E-state index in [1.165, 1.54) is 7.11 Å². The smallest absolute Gasteiger partial charge is 0.340 e. The first kappa shape index (κ1) is 13.1. The van der Waals surface area contributed by atoms with Crippen LogP contribution in [0.15, 0.2) is 24.5 Å². The standard InChI is InChI=1S/C14H17N3O2/c1-9-10(2)17(8-16-9)7-11-5-4-6-12(15)13(11)14(18)19-3/h4-6,8H,7,15H2,1-3H3. The molecule has 0 aliphatic rings. The molecule has 0 fully saturated rings. The molecule has 0 saturated heterocycles. The summed E-state index contributed by atoms with van der Waals surface area (Å²) in [6.45, 7) is 4.49. The molecule has 0 aliphatic carbocycles. The summed E-state index contributed by atoms with van der Waals surface area (Å²) in [5.41, 5.74) is 9.59. The van der Waals surface area contributed by atoms with Gasteiger partial charge in [0, 0.05) is 17.9 Å². The van der Waals surface area contributed by atoms with E-state index in [0.29, 0.717) is 17.8 Å². The Bertz CT molecular complexity index is 617. The third kappa shape index (κ3) is 2.45. The number of imidazole rings is 1. The van der Waals surface area contributed by atoms with Crippen LogP contribution in [0.2, 0.25) is 0 Å². The molecule has 0 unspecified atom stereocenters. The minimum absolute atomic E-state index is 0.414. The van der Waals surface area contributed by atoms with Gasteiger partial charge in [-0.1, -0.05) is 12.1 Å². The van der Waals surface area contributed by atoms with Gasteiger partial charge in [0.1, 0.15) is 0 Å². The topological polar surface area (TPSA) is 70.1 Å². The Morgan fingerprint density at radius 3 is 2.74 bits per heavy atom. The van der Waals surface area contributed by atoms with E-state index in [-0.39, 0.29) is 0 Å². The van der Waals surface area contributed by atoms with Crippen LogP contribution in [0.25, 0.3) is 0 Å². The lowest BCUT2D eigenvalue weighted by Gasteiger charge is -2.12. The fraction of sp³-hybridized carbons (Fsp3) is 0.286. The molecule has 0 aliphatic heterocycles. The van der Waals surface area contributed by atoms with Crippen LogP contribution < -0.4 is 5.73 Å². The van der Waals surface area contributed by atoms with Gasteiger partial charge in [0.2, 0.25) is 0 Å². The van der Waals surface area contributed by atoms with Gasteiger partial charge in [-0.05, 0) is 25.5 Å². The van der Waals surface area contributed by atoms with Crippen molar-refractivity contribution in [3.8, 4) is 0 Å². The molecule has 0 amide bonds. The lowest BCUT2D eigenvalue weighted by molar-refractivity contribution is 0.0600. The van der Waals surface area contributed by atoms with E-state index >= 15 is 0 Å². The number of hydrogen-bond donors (Lipinski definition) is 1. The van der Waals surface area contributed by atoms with Crippen molar-refractivity contribution in [3.05, 3.63) is 47.0 Å². The molecule has 0 saturated carbocycles. The first-order valence-corrected chi connectivity index (χ1v) is 5.98. The Morgan fingerprint density at radius 1 is 1.42 bits per heavy atom. The number of benzene rings is 1. The maximum Gasteiger partial charge on any atom is 0.340 e. The summed E-state index contributed by atoms with van der Waals surface area (Å²) in [4.78, 5) is 16.1. The predicted octanol–water partition coefficient (Wildman–Crippen LogP) is 1.92. The molecule has 5 heteroatoms. The molecule has 1 aromatic heterocycles. The van der Waals surface area contributed by atoms with Crippen molar-refractivity contribution in [2.45, 2.75) is 20.4 Å². The zero-order valence-electron chi connectivity index (χ0n) is 11.3. The lowest BCUT2D eigenvalue weighted by atomic mass is 10.1. The van der Waals surface area contributed by atoms with E-state index in [2.05, 4.69) is 4.98 Å². The molecule has 2 rings (SSSR count). The highest BCUT2D eigenvalue weighted by atomic mass is 16.5. The summed E-state index contributed by atoms with van der Waals surface area (Å²) in [6, 6.07) is 5.40. The van der Waals surface area contributed by atoms with E-state index < -0.39 is 5.97 Å². The zero-order chi connectivity index (χ0) is 14.0. The van der Waals surface area contributed by atoms with Crippen molar-refractivity contribution in [3.63, 3.8) is 0 Å². The normalized spacial score (nSPS) is 10.5. The summed E-state index contributed by atoms with van der Waals surface area (Å²) in [5.74, 6) is -0.414. The highest BCUT2D eigenvalue weighted by Gasteiger charge is 2.16. The molecule has 0 atom stereocenters. The summed E-state index contributed by atoms with van der Waals surface area (Å²) < 4.78 is 6.77. The van der Waals surface area contributed by atoms with Crippen LogP contribution >= 0.6 is 0 Å². The number of anilines is 1. The fourth-order valence-electron chi connectivity index (χ4n) is 1.99. The van der Waals surface area contributed by atoms with E-state index in [9.17, 15) is 4.79 Å². The molecule has 19 heavy (non-hydrogen) atoms. The molecule has 1 aromatic carbocycles. The van der Waals surface area contributed by atoms with Crippen LogP contribution in [-0.2, 0) is 11.3 Å². The highest BCUT2D eigenvalue weighted by Crippen LogP contribution is 2.20. The van der Waals surface area contributed by atoms with Gasteiger partial charge in [-0.2, -0.15) is 0 Å². The van der Waals surface area contributed by atoms with Crippen molar-refractivity contribution >= 4 is 11.7 Å². The van der Waals surface area contributed by atoms with Gasteiger partial charge in [-0.25, -0.2) is 9.78 Å². The SMILES string of the molecule is COC(=O)c1c(N)cccc1Cn1cnc(C)c1C. The number of hydrogen-bond acceptors (Lipinski definition) is 4. The molecule has 5 nitrogen and oxygen atoms in total. The van der Waals surface area contributed by atoms with Gasteiger partial charge in [-0.15, -0.1) is 0 Å². The van der Waals surface area contributed by atoms with Crippen LogP contribution in [0.3, 0.4) is 0 Å². The largest absolute Gasteiger partial charge is 0.465 e. The van der Waals surface area contributed by atoms with Gasteiger partial charge in [0.05, 0.1) is 24.7 Å². The third-order valence-corrected chi connectivity index (χ3v) is 3.26. The van der Waals surface area contributed by atoms with Crippen LogP contribution in [0, 0.1) is 13.8 Å². The summed E-state index contributed by atoms with van der Waals surface area (Å²) in [6.07, 6.45) is 1.76. The molecule has 2 N–H and O–H groups in total. The number of rotatable bonds is 3. The number of nitrogen functional groups attached to an aromatic ring is 1.